The number of anilines is 1. The van der Waals surface area contributed by atoms with Crippen molar-refractivity contribution >= 4 is 45.0 Å². The second-order valence-electron chi connectivity index (χ2n) is 7.22. The Morgan fingerprint density at radius 1 is 1.06 bits per heavy atom. The number of benzene rings is 3. The Balaban J connectivity index is 1.62. The summed E-state index contributed by atoms with van der Waals surface area (Å²) in [7, 11) is 0. The van der Waals surface area contributed by atoms with Crippen molar-refractivity contribution in [1.29, 1.82) is 0 Å². The standard InChI is InChI=1S/C24H23N3O3S/c1-16(22(29)25-20-13-6-9-17-8-2-3-10-18(17)20)31-24-26-21-12-5-4-11-19(21)23(30)27(24)14-7-15-28/h2-6,8-13,16,28H,7,14-15H2,1H3,(H,25,29). The molecule has 0 aliphatic rings. The van der Waals surface area contributed by atoms with Crippen LogP contribution in [0.15, 0.2) is 76.7 Å². The molecule has 31 heavy (non-hydrogen) atoms. The van der Waals surface area contributed by atoms with E-state index in [1.807, 2.05) is 48.5 Å². The molecule has 0 saturated heterocycles. The Hall–Kier alpha value is -3.16. The molecule has 7 heteroatoms. The lowest BCUT2D eigenvalue weighted by atomic mass is 10.1. The molecule has 158 valence electrons. The van der Waals surface area contributed by atoms with Crippen molar-refractivity contribution in [1.82, 2.24) is 9.55 Å². The summed E-state index contributed by atoms with van der Waals surface area (Å²) in [5, 5.41) is 14.8. The zero-order valence-electron chi connectivity index (χ0n) is 17.1. The molecule has 2 N–H and O–H groups in total. The average Bonchev–Trinajstić information content (AvgIpc) is 2.79. The number of thioether (sulfide) groups is 1. The summed E-state index contributed by atoms with van der Waals surface area (Å²) in [6.45, 7) is 2.11. The summed E-state index contributed by atoms with van der Waals surface area (Å²) in [5.74, 6) is -0.169. The number of aromatic nitrogens is 2. The zero-order valence-corrected chi connectivity index (χ0v) is 17.9. The lowest BCUT2D eigenvalue weighted by molar-refractivity contribution is -0.115. The highest BCUT2D eigenvalue weighted by atomic mass is 32.2. The lowest BCUT2D eigenvalue weighted by Crippen LogP contribution is -2.27. The number of nitrogens with zero attached hydrogens (tertiary/aromatic N) is 2. The predicted molar refractivity (Wildman–Crippen MR) is 126 cm³/mol. The Bertz CT molecular complexity index is 1300. The van der Waals surface area contributed by atoms with Crippen molar-refractivity contribution in [3.8, 4) is 0 Å². The van der Waals surface area contributed by atoms with Gasteiger partial charge in [0, 0.05) is 24.2 Å². The van der Waals surface area contributed by atoms with Gasteiger partial charge in [0.05, 0.1) is 16.2 Å². The van der Waals surface area contributed by atoms with Crippen LogP contribution in [-0.4, -0.2) is 32.4 Å². The number of amides is 1. The third kappa shape index (κ3) is 4.47. The van der Waals surface area contributed by atoms with Gasteiger partial charge in [-0.3, -0.25) is 14.2 Å². The van der Waals surface area contributed by atoms with Crippen LogP contribution >= 0.6 is 11.8 Å². The Kier molecular flexibility index (Phi) is 6.34. The molecular formula is C24H23N3O3S. The van der Waals surface area contributed by atoms with Gasteiger partial charge in [0.2, 0.25) is 5.91 Å². The summed E-state index contributed by atoms with van der Waals surface area (Å²) in [6, 6.07) is 20.8. The molecule has 0 aliphatic heterocycles. The smallest absolute Gasteiger partial charge is 0.262 e. The summed E-state index contributed by atoms with van der Waals surface area (Å²) < 4.78 is 1.55. The number of carbonyl (C=O) groups excluding carboxylic acids is 1. The fraction of sp³-hybridized carbons (Fsp3) is 0.208. The van der Waals surface area contributed by atoms with E-state index in [4.69, 9.17) is 0 Å². The number of carbonyl (C=O) groups is 1. The first-order valence-corrected chi connectivity index (χ1v) is 11.0. The zero-order chi connectivity index (χ0) is 21.8. The highest BCUT2D eigenvalue weighted by Gasteiger charge is 2.20. The molecule has 0 aliphatic carbocycles. The third-order valence-corrected chi connectivity index (χ3v) is 6.16. The van der Waals surface area contributed by atoms with Gasteiger partial charge >= 0.3 is 0 Å². The van der Waals surface area contributed by atoms with Gasteiger partial charge in [-0.25, -0.2) is 4.98 Å². The molecule has 0 bridgehead atoms. The molecule has 0 spiro atoms. The summed E-state index contributed by atoms with van der Waals surface area (Å²) in [5.41, 5.74) is 1.18. The number of aliphatic hydroxyl groups is 1. The molecule has 6 nitrogen and oxygen atoms in total. The van der Waals surface area contributed by atoms with Crippen LogP contribution in [0.3, 0.4) is 0 Å². The minimum atomic E-state index is -0.479. The number of fused-ring (bicyclic) bond motifs is 2. The molecule has 0 radical (unpaired) electrons. The normalized spacial score (nSPS) is 12.2. The third-order valence-electron chi connectivity index (χ3n) is 5.07. The van der Waals surface area contributed by atoms with Crippen LogP contribution in [0, 0.1) is 0 Å². The molecule has 1 aromatic heterocycles. The van der Waals surface area contributed by atoms with E-state index in [-0.39, 0.29) is 18.1 Å². The number of aliphatic hydroxyl groups excluding tert-OH is 1. The van der Waals surface area contributed by atoms with Crippen LogP contribution in [0.25, 0.3) is 21.7 Å². The van der Waals surface area contributed by atoms with E-state index >= 15 is 0 Å². The van der Waals surface area contributed by atoms with Gasteiger partial charge in [0.15, 0.2) is 5.16 Å². The molecule has 3 aromatic carbocycles. The average molecular weight is 434 g/mol. The lowest BCUT2D eigenvalue weighted by Gasteiger charge is -2.17. The predicted octanol–water partition coefficient (Wildman–Crippen LogP) is 4.05. The molecule has 4 aromatic rings. The second kappa shape index (κ2) is 9.32. The van der Waals surface area contributed by atoms with E-state index in [0.717, 1.165) is 16.5 Å². The summed E-state index contributed by atoms with van der Waals surface area (Å²) >= 11 is 1.24. The molecular weight excluding hydrogens is 410 g/mol. The van der Waals surface area contributed by atoms with Crippen LogP contribution in [0.4, 0.5) is 5.69 Å². The van der Waals surface area contributed by atoms with Crippen LogP contribution in [0.5, 0.6) is 0 Å². The summed E-state index contributed by atoms with van der Waals surface area (Å²) in [4.78, 5) is 30.6. The van der Waals surface area contributed by atoms with Crippen LogP contribution in [0.1, 0.15) is 13.3 Å². The van der Waals surface area contributed by atoms with E-state index in [1.54, 1.807) is 29.7 Å². The van der Waals surface area contributed by atoms with Crippen LogP contribution in [0.2, 0.25) is 0 Å². The molecule has 0 saturated carbocycles. The maximum Gasteiger partial charge on any atom is 0.262 e. The molecule has 1 heterocycles. The van der Waals surface area contributed by atoms with E-state index in [1.165, 1.54) is 11.8 Å². The minimum absolute atomic E-state index is 0.0273. The first-order chi connectivity index (χ1) is 15.1. The molecule has 0 fully saturated rings. The topological polar surface area (TPSA) is 84.2 Å². The molecule has 1 unspecified atom stereocenters. The van der Waals surface area contributed by atoms with E-state index in [9.17, 15) is 14.7 Å². The van der Waals surface area contributed by atoms with Crippen molar-refractivity contribution in [2.45, 2.75) is 30.3 Å². The van der Waals surface area contributed by atoms with E-state index in [2.05, 4.69) is 10.3 Å². The monoisotopic (exact) mass is 433 g/mol. The highest BCUT2D eigenvalue weighted by Crippen LogP contribution is 2.26. The van der Waals surface area contributed by atoms with Gasteiger partial charge in [-0.1, -0.05) is 60.3 Å². The Morgan fingerprint density at radius 2 is 1.77 bits per heavy atom. The van der Waals surface area contributed by atoms with Crippen LogP contribution in [-0.2, 0) is 11.3 Å². The fourth-order valence-electron chi connectivity index (χ4n) is 3.44. The first kappa shape index (κ1) is 21.1. The Morgan fingerprint density at radius 3 is 2.58 bits per heavy atom. The van der Waals surface area contributed by atoms with Crippen molar-refractivity contribution in [3.63, 3.8) is 0 Å². The van der Waals surface area contributed by atoms with Gasteiger partial charge in [0.1, 0.15) is 0 Å². The minimum Gasteiger partial charge on any atom is -0.396 e. The van der Waals surface area contributed by atoms with Gasteiger partial charge in [-0.05, 0) is 36.9 Å². The largest absolute Gasteiger partial charge is 0.396 e. The first-order valence-electron chi connectivity index (χ1n) is 10.1. The highest BCUT2D eigenvalue weighted by molar-refractivity contribution is 8.00. The molecule has 1 atom stereocenters. The Labute approximate surface area is 183 Å². The van der Waals surface area contributed by atoms with Gasteiger partial charge in [0.25, 0.3) is 5.56 Å². The maximum atomic E-state index is 13.0. The fourth-order valence-corrected chi connectivity index (χ4v) is 4.38. The van der Waals surface area contributed by atoms with Crippen molar-refractivity contribution in [3.05, 3.63) is 77.1 Å². The SMILES string of the molecule is CC(Sc1nc2ccccc2c(=O)n1CCCO)C(=O)Nc1cccc2ccccc12. The van der Waals surface area contributed by atoms with Crippen molar-refractivity contribution in [2.24, 2.45) is 0 Å². The number of hydrogen-bond donors (Lipinski definition) is 2. The van der Waals surface area contributed by atoms with Gasteiger partial charge in [-0.2, -0.15) is 0 Å². The number of nitrogens with one attached hydrogen (secondary N) is 1. The van der Waals surface area contributed by atoms with Gasteiger partial charge < -0.3 is 10.4 Å². The van der Waals surface area contributed by atoms with Crippen LogP contribution < -0.4 is 10.9 Å². The number of rotatable bonds is 7. The number of hydrogen-bond acceptors (Lipinski definition) is 5. The maximum absolute atomic E-state index is 13.0. The van der Waals surface area contributed by atoms with Crippen molar-refractivity contribution in [2.75, 3.05) is 11.9 Å². The molecule has 1 amide bonds. The van der Waals surface area contributed by atoms with Gasteiger partial charge in [-0.15, -0.1) is 0 Å². The van der Waals surface area contributed by atoms with Crippen molar-refractivity contribution < 1.29 is 9.90 Å². The number of para-hydroxylation sites is 1. The van der Waals surface area contributed by atoms with E-state index in [0.29, 0.717) is 29.0 Å². The summed E-state index contributed by atoms with van der Waals surface area (Å²) in [6.07, 6.45) is 0.435. The molecule has 4 rings (SSSR count). The van der Waals surface area contributed by atoms with E-state index < -0.39 is 5.25 Å². The quantitative estimate of drug-likeness (QED) is 0.339. The second-order valence-corrected chi connectivity index (χ2v) is 8.53.